The Morgan fingerprint density at radius 2 is 1.88 bits per heavy atom. The van der Waals surface area contributed by atoms with Crippen molar-refractivity contribution in [2.45, 2.75) is 38.8 Å². The number of likely N-dealkylation sites (tertiary alicyclic amines) is 1. The van der Waals surface area contributed by atoms with Crippen molar-refractivity contribution in [3.05, 3.63) is 35.6 Å². The number of carbonyl (C=O) groups excluding carboxylic acids is 1. The highest BCUT2D eigenvalue weighted by Gasteiger charge is 2.25. The van der Waals surface area contributed by atoms with Crippen molar-refractivity contribution in [1.29, 1.82) is 0 Å². The lowest BCUT2D eigenvalue weighted by Gasteiger charge is -2.31. The summed E-state index contributed by atoms with van der Waals surface area (Å²) in [6.07, 6.45) is 2.54. The summed E-state index contributed by atoms with van der Waals surface area (Å²) in [7, 11) is 4.18. The normalized spacial score (nSPS) is 19.2. The second-order valence-corrected chi connectivity index (χ2v) is 6.85. The van der Waals surface area contributed by atoms with Crippen molar-refractivity contribution >= 4 is 5.91 Å². The van der Waals surface area contributed by atoms with E-state index in [1.807, 2.05) is 4.90 Å². The van der Waals surface area contributed by atoms with Crippen molar-refractivity contribution in [2.75, 3.05) is 40.3 Å². The average Bonchev–Trinajstić information content (AvgIpc) is 2.73. The first-order valence-corrected chi connectivity index (χ1v) is 8.90. The van der Waals surface area contributed by atoms with E-state index in [4.69, 9.17) is 0 Å². The van der Waals surface area contributed by atoms with Gasteiger partial charge >= 0.3 is 0 Å². The molecule has 0 N–H and O–H groups in total. The highest BCUT2D eigenvalue weighted by atomic mass is 19.1. The van der Waals surface area contributed by atoms with Gasteiger partial charge in [0, 0.05) is 38.6 Å². The standard InChI is InChI=1S/C19H30FN3O/c1-4-22(14-13-21(2)3)18-9-10-19(24)23(12-11-18)15-16-5-7-17(20)8-6-16/h5-8,18H,4,9-15H2,1-3H3. The lowest BCUT2D eigenvalue weighted by molar-refractivity contribution is -0.131. The molecule has 1 heterocycles. The van der Waals surface area contributed by atoms with E-state index < -0.39 is 0 Å². The van der Waals surface area contributed by atoms with Crippen LogP contribution in [0.15, 0.2) is 24.3 Å². The van der Waals surface area contributed by atoms with Crippen molar-refractivity contribution in [1.82, 2.24) is 14.7 Å². The van der Waals surface area contributed by atoms with Gasteiger partial charge in [0.15, 0.2) is 0 Å². The molecular formula is C19H30FN3O. The van der Waals surface area contributed by atoms with Crippen LogP contribution in [-0.4, -0.2) is 66.9 Å². The molecule has 0 saturated carbocycles. The molecule has 1 unspecified atom stereocenters. The van der Waals surface area contributed by atoms with Gasteiger partial charge in [-0.1, -0.05) is 19.1 Å². The maximum atomic E-state index is 13.0. The summed E-state index contributed by atoms with van der Waals surface area (Å²) >= 11 is 0. The van der Waals surface area contributed by atoms with E-state index in [0.29, 0.717) is 19.0 Å². The second kappa shape index (κ2) is 9.14. The van der Waals surface area contributed by atoms with Crippen molar-refractivity contribution in [3.63, 3.8) is 0 Å². The Hall–Kier alpha value is -1.46. The van der Waals surface area contributed by atoms with Crippen molar-refractivity contribution in [3.8, 4) is 0 Å². The van der Waals surface area contributed by atoms with Crippen LogP contribution in [0.4, 0.5) is 4.39 Å². The van der Waals surface area contributed by atoms with E-state index >= 15 is 0 Å². The molecule has 24 heavy (non-hydrogen) atoms. The summed E-state index contributed by atoms with van der Waals surface area (Å²) in [4.78, 5) is 19.1. The molecule has 1 aliphatic rings. The summed E-state index contributed by atoms with van der Waals surface area (Å²) in [5.74, 6) is -0.0222. The summed E-state index contributed by atoms with van der Waals surface area (Å²) in [5, 5.41) is 0. The smallest absolute Gasteiger partial charge is 0.222 e. The zero-order chi connectivity index (χ0) is 17.5. The van der Waals surface area contributed by atoms with Gasteiger partial charge in [0.25, 0.3) is 0 Å². The largest absolute Gasteiger partial charge is 0.338 e. The Bertz CT molecular complexity index is 518. The predicted molar refractivity (Wildman–Crippen MR) is 95.3 cm³/mol. The first kappa shape index (κ1) is 18.9. The summed E-state index contributed by atoms with van der Waals surface area (Å²) < 4.78 is 13.0. The van der Waals surface area contributed by atoms with Crippen LogP contribution >= 0.6 is 0 Å². The molecule has 2 rings (SSSR count). The van der Waals surface area contributed by atoms with Gasteiger partial charge in [-0.15, -0.1) is 0 Å². The van der Waals surface area contributed by atoms with Gasteiger partial charge in [0.2, 0.25) is 5.91 Å². The number of nitrogens with zero attached hydrogens (tertiary/aromatic N) is 3. The fraction of sp³-hybridized carbons (Fsp3) is 0.632. The number of halogens is 1. The minimum atomic E-state index is -0.236. The van der Waals surface area contributed by atoms with Gasteiger partial charge in [-0.25, -0.2) is 4.39 Å². The fourth-order valence-electron chi connectivity index (χ4n) is 3.29. The van der Waals surface area contributed by atoms with Gasteiger partial charge in [0.05, 0.1) is 0 Å². The third-order valence-electron chi connectivity index (χ3n) is 4.82. The van der Waals surface area contributed by atoms with Crippen LogP contribution in [0.25, 0.3) is 0 Å². The lowest BCUT2D eigenvalue weighted by Crippen LogP contribution is -2.40. The fourth-order valence-corrected chi connectivity index (χ4v) is 3.29. The Labute approximate surface area is 145 Å². The SMILES string of the molecule is CCN(CCN(C)C)C1CCC(=O)N(Cc2ccc(F)cc2)CC1. The van der Waals surface area contributed by atoms with E-state index in [0.717, 1.165) is 44.6 Å². The van der Waals surface area contributed by atoms with Gasteiger partial charge in [0.1, 0.15) is 5.82 Å². The first-order chi connectivity index (χ1) is 11.5. The van der Waals surface area contributed by atoms with E-state index in [2.05, 4.69) is 30.8 Å². The zero-order valence-electron chi connectivity index (χ0n) is 15.2. The molecule has 0 aromatic heterocycles. The minimum absolute atomic E-state index is 0.213. The number of carbonyl (C=O) groups is 1. The van der Waals surface area contributed by atoms with Crippen LogP contribution in [0, 0.1) is 5.82 Å². The van der Waals surface area contributed by atoms with Crippen LogP contribution in [0.2, 0.25) is 0 Å². The maximum absolute atomic E-state index is 13.0. The molecule has 1 aromatic carbocycles. The molecule has 1 fully saturated rings. The van der Waals surface area contributed by atoms with Crippen LogP contribution in [0.3, 0.4) is 0 Å². The molecular weight excluding hydrogens is 305 g/mol. The van der Waals surface area contributed by atoms with Crippen molar-refractivity contribution in [2.24, 2.45) is 0 Å². The summed E-state index contributed by atoms with van der Waals surface area (Å²) in [5.41, 5.74) is 0.989. The summed E-state index contributed by atoms with van der Waals surface area (Å²) in [6.45, 7) is 6.65. The number of likely N-dealkylation sites (N-methyl/N-ethyl adjacent to an activating group) is 2. The van der Waals surface area contributed by atoms with E-state index in [-0.39, 0.29) is 11.7 Å². The molecule has 1 aliphatic heterocycles. The summed E-state index contributed by atoms with van der Waals surface area (Å²) in [6, 6.07) is 6.92. The van der Waals surface area contributed by atoms with Crippen LogP contribution in [-0.2, 0) is 11.3 Å². The van der Waals surface area contributed by atoms with Gasteiger partial charge in [-0.3, -0.25) is 9.69 Å². The molecule has 5 heteroatoms. The van der Waals surface area contributed by atoms with Gasteiger partial charge in [-0.2, -0.15) is 0 Å². The molecule has 1 atom stereocenters. The molecule has 0 bridgehead atoms. The van der Waals surface area contributed by atoms with E-state index in [1.165, 1.54) is 12.1 Å². The molecule has 0 spiro atoms. The molecule has 1 amide bonds. The monoisotopic (exact) mass is 335 g/mol. The number of hydrogen-bond acceptors (Lipinski definition) is 3. The Morgan fingerprint density at radius 1 is 1.17 bits per heavy atom. The molecule has 0 aliphatic carbocycles. The molecule has 134 valence electrons. The maximum Gasteiger partial charge on any atom is 0.222 e. The quantitative estimate of drug-likeness (QED) is 0.766. The van der Waals surface area contributed by atoms with E-state index in [1.54, 1.807) is 12.1 Å². The number of hydrogen-bond donors (Lipinski definition) is 0. The zero-order valence-corrected chi connectivity index (χ0v) is 15.2. The topological polar surface area (TPSA) is 26.8 Å². The molecule has 4 nitrogen and oxygen atoms in total. The molecule has 0 radical (unpaired) electrons. The Morgan fingerprint density at radius 3 is 2.50 bits per heavy atom. The average molecular weight is 335 g/mol. The highest BCUT2D eigenvalue weighted by molar-refractivity contribution is 5.76. The first-order valence-electron chi connectivity index (χ1n) is 8.90. The van der Waals surface area contributed by atoms with Crippen molar-refractivity contribution < 1.29 is 9.18 Å². The number of rotatable bonds is 7. The van der Waals surface area contributed by atoms with Crippen LogP contribution in [0.5, 0.6) is 0 Å². The second-order valence-electron chi connectivity index (χ2n) is 6.85. The molecule has 1 aromatic rings. The lowest BCUT2D eigenvalue weighted by atomic mass is 10.1. The van der Waals surface area contributed by atoms with Crippen LogP contribution < -0.4 is 0 Å². The minimum Gasteiger partial charge on any atom is -0.338 e. The van der Waals surface area contributed by atoms with Gasteiger partial charge < -0.3 is 9.80 Å². The molecule has 1 saturated heterocycles. The van der Waals surface area contributed by atoms with Crippen LogP contribution in [0.1, 0.15) is 31.7 Å². The Kier molecular flexibility index (Phi) is 7.18. The third-order valence-corrected chi connectivity index (χ3v) is 4.82. The van der Waals surface area contributed by atoms with Gasteiger partial charge in [-0.05, 0) is 51.2 Å². The number of amides is 1. The van der Waals surface area contributed by atoms with E-state index in [9.17, 15) is 9.18 Å². The highest BCUT2D eigenvalue weighted by Crippen LogP contribution is 2.19. The third kappa shape index (κ3) is 5.56. The predicted octanol–water partition coefficient (Wildman–Crippen LogP) is 2.59. The number of benzene rings is 1. The Balaban J connectivity index is 1.93.